The second-order valence-electron chi connectivity index (χ2n) is 6.04. The monoisotopic (exact) mass is 355 g/mol. The number of carbonyl (C=O) groups is 1. The molecule has 0 aliphatic carbocycles. The Hall–Kier alpha value is -2.00. The molecule has 24 heavy (non-hydrogen) atoms. The first-order chi connectivity index (χ1) is 11.3. The van der Waals surface area contributed by atoms with E-state index in [4.69, 9.17) is 9.84 Å². The predicted molar refractivity (Wildman–Crippen MR) is 89.1 cm³/mol. The standard InChI is InChI=1S/C15H21N3O5S/c1-24(21,22)18-10-12(11-18)23-14-5-3-2-4-13(14)16-6-8-17(9-7-16)15(19)20/h2-5,12H,6-11H2,1H3,(H,19,20). The van der Waals surface area contributed by atoms with Crippen LogP contribution in [0.3, 0.4) is 0 Å². The fraction of sp³-hybridized carbons (Fsp3) is 0.533. The Labute approximate surface area is 141 Å². The molecule has 0 atom stereocenters. The first-order valence-corrected chi connectivity index (χ1v) is 9.63. The number of nitrogens with zero attached hydrogens (tertiary/aromatic N) is 3. The summed E-state index contributed by atoms with van der Waals surface area (Å²) in [6, 6.07) is 7.59. The minimum absolute atomic E-state index is 0.152. The number of amides is 1. The third-order valence-electron chi connectivity index (χ3n) is 4.33. The van der Waals surface area contributed by atoms with Crippen LogP contribution in [0.25, 0.3) is 0 Å². The number of carboxylic acid groups (broad SMARTS) is 1. The molecule has 1 N–H and O–H groups in total. The normalized spacial score (nSPS) is 19.9. The van der Waals surface area contributed by atoms with Crippen LogP contribution in [-0.2, 0) is 10.0 Å². The predicted octanol–water partition coefficient (Wildman–Crippen LogP) is 0.509. The average molecular weight is 355 g/mol. The lowest BCUT2D eigenvalue weighted by molar-refractivity contribution is 0.0769. The molecule has 3 rings (SSSR count). The average Bonchev–Trinajstić information content (AvgIpc) is 2.50. The molecule has 9 heteroatoms. The van der Waals surface area contributed by atoms with Crippen molar-refractivity contribution in [1.29, 1.82) is 0 Å². The lowest BCUT2D eigenvalue weighted by atomic mass is 10.2. The van der Waals surface area contributed by atoms with Crippen LogP contribution in [-0.4, -0.2) is 80.5 Å². The van der Waals surface area contributed by atoms with Gasteiger partial charge in [0, 0.05) is 26.2 Å². The number of hydrogen-bond acceptors (Lipinski definition) is 5. The van der Waals surface area contributed by atoms with Crippen molar-refractivity contribution in [3.63, 3.8) is 0 Å². The summed E-state index contributed by atoms with van der Waals surface area (Å²) < 4.78 is 30.2. The molecule has 132 valence electrons. The number of sulfonamides is 1. The summed E-state index contributed by atoms with van der Waals surface area (Å²) in [6.45, 7) is 2.84. The quantitative estimate of drug-likeness (QED) is 0.846. The number of piperazine rings is 1. The van der Waals surface area contributed by atoms with Crippen molar-refractivity contribution in [3.05, 3.63) is 24.3 Å². The van der Waals surface area contributed by atoms with Gasteiger partial charge in [-0.3, -0.25) is 0 Å². The number of rotatable bonds is 4. The Morgan fingerprint density at radius 2 is 1.79 bits per heavy atom. The number of hydrogen-bond donors (Lipinski definition) is 1. The molecule has 1 aromatic rings. The van der Waals surface area contributed by atoms with Gasteiger partial charge in [0.05, 0.1) is 25.0 Å². The molecule has 0 aromatic heterocycles. The number of benzene rings is 1. The van der Waals surface area contributed by atoms with Gasteiger partial charge < -0.3 is 19.6 Å². The maximum Gasteiger partial charge on any atom is 0.407 e. The van der Waals surface area contributed by atoms with E-state index in [-0.39, 0.29) is 6.10 Å². The molecule has 0 bridgehead atoms. The van der Waals surface area contributed by atoms with Crippen LogP contribution in [0.1, 0.15) is 0 Å². The summed E-state index contributed by atoms with van der Waals surface area (Å²) in [5, 5.41) is 9.03. The van der Waals surface area contributed by atoms with E-state index in [1.54, 1.807) is 0 Å². The van der Waals surface area contributed by atoms with Gasteiger partial charge in [-0.1, -0.05) is 12.1 Å². The molecule has 2 heterocycles. The summed E-state index contributed by atoms with van der Waals surface area (Å²) in [5.41, 5.74) is 0.917. The zero-order valence-electron chi connectivity index (χ0n) is 13.5. The van der Waals surface area contributed by atoms with Crippen molar-refractivity contribution in [2.75, 3.05) is 50.4 Å². The Morgan fingerprint density at radius 3 is 2.38 bits per heavy atom. The molecule has 8 nitrogen and oxygen atoms in total. The summed E-state index contributed by atoms with van der Waals surface area (Å²) in [5.74, 6) is 0.708. The van der Waals surface area contributed by atoms with E-state index in [0.29, 0.717) is 45.0 Å². The Bertz CT molecular complexity index is 710. The van der Waals surface area contributed by atoms with Gasteiger partial charge >= 0.3 is 6.09 Å². The lowest BCUT2D eigenvalue weighted by Gasteiger charge is -2.39. The fourth-order valence-corrected chi connectivity index (χ4v) is 3.76. The summed E-state index contributed by atoms with van der Waals surface area (Å²) in [6.07, 6.45) is 0.148. The highest BCUT2D eigenvalue weighted by atomic mass is 32.2. The van der Waals surface area contributed by atoms with Crippen LogP contribution in [0.15, 0.2) is 24.3 Å². The van der Waals surface area contributed by atoms with Crippen LogP contribution in [0.2, 0.25) is 0 Å². The van der Waals surface area contributed by atoms with E-state index in [9.17, 15) is 13.2 Å². The molecule has 0 spiro atoms. The Balaban J connectivity index is 1.63. The van der Waals surface area contributed by atoms with E-state index in [2.05, 4.69) is 4.90 Å². The molecule has 2 saturated heterocycles. The van der Waals surface area contributed by atoms with Gasteiger partial charge in [0.25, 0.3) is 0 Å². The highest BCUT2D eigenvalue weighted by Gasteiger charge is 2.35. The van der Waals surface area contributed by atoms with Gasteiger partial charge in [0.1, 0.15) is 11.9 Å². The second kappa shape index (κ2) is 6.48. The van der Waals surface area contributed by atoms with Gasteiger partial charge in [-0.15, -0.1) is 0 Å². The fourth-order valence-electron chi connectivity index (χ4n) is 2.88. The van der Waals surface area contributed by atoms with E-state index >= 15 is 0 Å². The van der Waals surface area contributed by atoms with Crippen LogP contribution in [0, 0.1) is 0 Å². The zero-order chi connectivity index (χ0) is 17.3. The highest BCUT2D eigenvalue weighted by Crippen LogP contribution is 2.31. The van der Waals surface area contributed by atoms with E-state index < -0.39 is 16.1 Å². The van der Waals surface area contributed by atoms with Crippen LogP contribution in [0.5, 0.6) is 5.75 Å². The van der Waals surface area contributed by atoms with Crippen LogP contribution >= 0.6 is 0 Å². The molecule has 0 saturated carbocycles. The van der Waals surface area contributed by atoms with Gasteiger partial charge in [-0.2, -0.15) is 4.31 Å². The molecule has 0 unspecified atom stereocenters. The smallest absolute Gasteiger partial charge is 0.407 e. The third-order valence-corrected chi connectivity index (χ3v) is 5.57. The topological polar surface area (TPSA) is 90.4 Å². The SMILES string of the molecule is CS(=O)(=O)N1CC(Oc2ccccc2N2CCN(C(=O)O)CC2)C1. The molecular formula is C15H21N3O5S. The molecule has 1 aromatic carbocycles. The van der Waals surface area contributed by atoms with E-state index in [1.807, 2.05) is 24.3 Å². The number of ether oxygens (including phenoxy) is 1. The van der Waals surface area contributed by atoms with E-state index in [0.717, 1.165) is 5.69 Å². The minimum Gasteiger partial charge on any atom is -0.485 e. The van der Waals surface area contributed by atoms with Gasteiger partial charge in [-0.05, 0) is 12.1 Å². The largest absolute Gasteiger partial charge is 0.485 e. The van der Waals surface area contributed by atoms with Crippen molar-refractivity contribution in [1.82, 2.24) is 9.21 Å². The maximum absolute atomic E-state index is 11.4. The van der Waals surface area contributed by atoms with Crippen LogP contribution < -0.4 is 9.64 Å². The van der Waals surface area contributed by atoms with Gasteiger partial charge in [0.15, 0.2) is 0 Å². The zero-order valence-corrected chi connectivity index (χ0v) is 14.3. The Kier molecular flexibility index (Phi) is 4.55. The van der Waals surface area contributed by atoms with Crippen molar-refractivity contribution in [2.45, 2.75) is 6.10 Å². The number of para-hydroxylation sites is 2. The molecular weight excluding hydrogens is 334 g/mol. The van der Waals surface area contributed by atoms with Gasteiger partial charge in [0.2, 0.25) is 10.0 Å². The second-order valence-corrected chi connectivity index (χ2v) is 8.03. The molecule has 0 radical (unpaired) electrons. The molecule has 2 aliphatic heterocycles. The Morgan fingerprint density at radius 1 is 1.17 bits per heavy atom. The maximum atomic E-state index is 11.4. The third kappa shape index (κ3) is 3.57. The van der Waals surface area contributed by atoms with Gasteiger partial charge in [-0.25, -0.2) is 13.2 Å². The number of anilines is 1. The molecule has 1 amide bonds. The highest BCUT2D eigenvalue weighted by molar-refractivity contribution is 7.88. The molecule has 2 aliphatic rings. The van der Waals surface area contributed by atoms with E-state index in [1.165, 1.54) is 15.5 Å². The van der Waals surface area contributed by atoms with Crippen molar-refractivity contribution in [2.24, 2.45) is 0 Å². The van der Waals surface area contributed by atoms with Crippen molar-refractivity contribution in [3.8, 4) is 5.75 Å². The molecule has 2 fully saturated rings. The summed E-state index contributed by atoms with van der Waals surface area (Å²) in [4.78, 5) is 14.5. The lowest BCUT2D eigenvalue weighted by Crippen LogP contribution is -2.55. The minimum atomic E-state index is -3.15. The first-order valence-electron chi connectivity index (χ1n) is 7.78. The first kappa shape index (κ1) is 16.8. The van der Waals surface area contributed by atoms with Crippen LogP contribution in [0.4, 0.5) is 10.5 Å². The summed E-state index contributed by atoms with van der Waals surface area (Å²) in [7, 11) is -3.15. The van der Waals surface area contributed by atoms with Crippen molar-refractivity contribution >= 4 is 21.8 Å². The van der Waals surface area contributed by atoms with Crippen molar-refractivity contribution < 1.29 is 23.1 Å². The summed E-state index contributed by atoms with van der Waals surface area (Å²) >= 11 is 0.